The number of hydrogen-bond acceptors (Lipinski definition) is 8. The molecule has 156 valence electrons. The molecule has 0 radical (unpaired) electrons. The fourth-order valence-electron chi connectivity index (χ4n) is 3.22. The molecule has 1 amide bonds. The Labute approximate surface area is 177 Å². The van der Waals surface area contributed by atoms with Crippen molar-refractivity contribution >= 4 is 35.3 Å². The molecule has 4 rings (SSSR count). The van der Waals surface area contributed by atoms with Gasteiger partial charge in [0.25, 0.3) is 5.91 Å². The number of hydrogen-bond donors (Lipinski definition) is 4. The zero-order chi connectivity index (χ0) is 22.0. The van der Waals surface area contributed by atoms with Crippen LogP contribution in [0.5, 0.6) is 6.01 Å². The third kappa shape index (κ3) is 4.04. The fraction of sp³-hybridized carbons (Fsp3) is 0.100. The molecule has 2 aromatic heterocycles. The monoisotopic (exact) mass is 418 g/mol. The number of ether oxygens (including phenoxy) is 1. The first-order chi connectivity index (χ1) is 15.0. The van der Waals surface area contributed by atoms with Gasteiger partial charge in [-0.2, -0.15) is 9.97 Å². The normalized spacial score (nSPS) is 10.8. The van der Waals surface area contributed by atoms with Crippen molar-refractivity contribution in [2.24, 2.45) is 5.73 Å². The minimum atomic E-state index is -1.53. The number of nitrogens with two attached hydrogens (primary N) is 1. The molecular formula is C20H19BN6O4. The van der Waals surface area contributed by atoms with E-state index in [0.717, 1.165) is 5.56 Å². The van der Waals surface area contributed by atoms with Gasteiger partial charge >= 0.3 is 13.1 Å². The summed E-state index contributed by atoms with van der Waals surface area (Å²) in [5.74, 6) is 0.241. The average Bonchev–Trinajstić information content (AvgIpc) is 3.16. The minimum absolute atomic E-state index is 0.213. The number of anilines is 1. The highest BCUT2D eigenvalue weighted by Gasteiger charge is 2.19. The van der Waals surface area contributed by atoms with E-state index in [0.29, 0.717) is 34.8 Å². The molecule has 0 bridgehead atoms. The molecule has 0 atom stereocenters. The summed E-state index contributed by atoms with van der Waals surface area (Å²) in [5.41, 5.74) is 7.97. The number of carbonyl (C=O) groups excluding carboxylic acids is 1. The van der Waals surface area contributed by atoms with Crippen LogP contribution in [0.15, 0.2) is 54.7 Å². The molecule has 0 saturated heterocycles. The van der Waals surface area contributed by atoms with Gasteiger partial charge in [0.1, 0.15) is 11.3 Å². The van der Waals surface area contributed by atoms with Crippen LogP contribution in [-0.2, 0) is 6.54 Å². The molecule has 4 aromatic rings. The summed E-state index contributed by atoms with van der Waals surface area (Å²) in [5, 5.41) is 21.8. The van der Waals surface area contributed by atoms with E-state index >= 15 is 0 Å². The zero-order valence-electron chi connectivity index (χ0n) is 16.6. The molecular weight excluding hydrogens is 399 g/mol. The number of rotatable bonds is 7. The van der Waals surface area contributed by atoms with Gasteiger partial charge in [0.2, 0.25) is 5.95 Å². The average molecular weight is 418 g/mol. The van der Waals surface area contributed by atoms with E-state index < -0.39 is 13.0 Å². The van der Waals surface area contributed by atoms with Crippen LogP contribution >= 0.6 is 0 Å². The van der Waals surface area contributed by atoms with E-state index in [2.05, 4.69) is 20.3 Å². The topological polar surface area (TPSA) is 148 Å². The van der Waals surface area contributed by atoms with Crippen LogP contribution in [0.2, 0.25) is 0 Å². The first kappa shape index (κ1) is 20.3. The zero-order valence-corrected chi connectivity index (χ0v) is 16.6. The summed E-state index contributed by atoms with van der Waals surface area (Å²) in [7, 11) is -0.0651. The molecule has 0 unspecified atom stereocenters. The number of nitrogens with zero attached hydrogens (tertiary/aromatic N) is 4. The van der Waals surface area contributed by atoms with Crippen LogP contribution in [0.25, 0.3) is 17.0 Å². The van der Waals surface area contributed by atoms with Crippen LogP contribution in [-0.4, -0.2) is 49.7 Å². The maximum absolute atomic E-state index is 11.8. The number of primary amides is 1. The molecule has 2 heterocycles. The highest BCUT2D eigenvalue weighted by molar-refractivity contribution is 6.58. The molecule has 0 spiro atoms. The molecule has 0 aliphatic rings. The van der Waals surface area contributed by atoms with E-state index in [9.17, 15) is 14.8 Å². The summed E-state index contributed by atoms with van der Waals surface area (Å²) in [4.78, 5) is 25.0. The van der Waals surface area contributed by atoms with Crippen molar-refractivity contribution in [2.45, 2.75) is 6.54 Å². The van der Waals surface area contributed by atoms with Gasteiger partial charge in [-0.1, -0.05) is 30.3 Å². The van der Waals surface area contributed by atoms with Gasteiger partial charge in [-0.25, -0.2) is 9.55 Å². The number of aromatic nitrogens is 4. The molecule has 11 heteroatoms. The maximum Gasteiger partial charge on any atom is 0.488 e. The van der Waals surface area contributed by atoms with Crippen LogP contribution < -0.4 is 21.3 Å². The molecule has 0 aliphatic heterocycles. The van der Waals surface area contributed by atoms with Crippen molar-refractivity contribution in [1.82, 2.24) is 19.5 Å². The molecule has 31 heavy (non-hydrogen) atoms. The molecule has 0 aliphatic carbocycles. The van der Waals surface area contributed by atoms with E-state index in [1.165, 1.54) is 7.11 Å². The number of para-hydroxylation sites is 1. The number of imidazole rings is 1. The summed E-state index contributed by atoms with van der Waals surface area (Å²) in [6.07, 6.45) is 1.59. The number of amides is 1. The molecule has 2 aromatic carbocycles. The van der Waals surface area contributed by atoms with Crippen molar-refractivity contribution in [3.05, 3.63) is 65.9 Å². The van der Waals surface area contributed by atoms with Crippen molar-refractivity contribution in [3.8, 4) is 12.0 Å². The Bertz CT molecular complexity index is 1260. The van der Waals surface area contributed by atoms with Crippen LogP contribution in [0, 0.1) is 0 Å². The van der Waals surface area contributed by atoms with Gasteiger partial charge in [0, 0.05) is 12.7 Å². The van der Waals surface area contributed by atoms with Crippen LogP contribution in [0.4, 0.5) is 5.82 Å². The number of fused-ring (bicyclic) bond motifs is 1. The highest BCUT2D eigenvalue weighted by atomic mass is 16.5. The van der Waals surface area contributed by atoms with Gasteiger partial charge in [-0.15, -0.1) is 0 Å². The lowest BCUT2D eigenvalue weighted by Gasteiger charge is -2.10. The first-order valence-electron chi connectivity index (χ1n) is 9.35. The third-order valence-corrected chi connectivity index (χ3v) is 4.67. The van der Waals surface area contributed by atoms with Crippen LogP contribution in [0.3, 0.4) is 0 Å². The highest BCUT2D eigenvalue weighted by Crippen LogP contribution is 2.27. The number of benzene rings is 2. The van der Waals surface area contributed by atoms with Gasteiger partial charge in [-0.05, 0) is 29.2 Å². The Morgan fingerprint density at radius 2 is 2.00 bits per heavy atom. The van der Waals surface area contributed by atoms with Crippen LogP contribution in [0.1, 0.15) is 15.9 Å². The molecule has 10 nitrogen and oxygen atoms in total. The summed E-state index contributed by atoms with van der Waals surface area (Å²) in [6, 6.07) is 13.9. The molecule has 0 saturated carbocycles. The van der Waals surface area contributed by atoms with E-state index in [1.807, 2.05) is 6.07 Å². The standard InChI is InChI=1S/C20H19BN6O4/c1-31-20-26-17-14(18(22)28)6-3-7-15(17)27(20)19-23-9-8-16(25-19)24-11-12-4-2-5-13(10-12)21(29)30/h2-10,29-30H,11H2,1H3,(H2,22,28)(H,23,24,25). The predicted octanol–water partition coefficient (Wildman–Crippen LogP) is 0.215. The van der Waals surface area contributed by atoms with Gasteiger partial charge in [0.15, 0.2) is 0 Å². The lowest BCUT2D eigenvalue weighted by atomic mass is 9.80. The summed E-state index contributed by atoms with van der Waals surface area (Å²) >= 11 is 0. The predicted molar refractivity (Wildman–Crippen MR) is 115 cm³/mol. The maximum atomic E-state index is 11.8. The van der Waals surface area contributed by atoms with E-state index in [1.54, 1.807) is 53.2 Å². The first-order valence-corrected chi connectivity index (χ1v) is 9.35. The Morgan fingerprint density at radius 3 is 2.74 bits per heavy atom. The Morgan fingerprint density at radius 1 is 1.19 bits per heavy atom. The number of nitrogens with one attached hydrogen (secondary N) is 1. The van der Waals surface area contributed by atoms with Gasteiger partial charge in [0.05, 0.1) is 18.2 Å². The molecule has 0 fully saturated rings. The Kier molecular flexibility index (Phi) is 5.52. The van der Waals surface area contributed by atoms with Gasteiger partial charge in [-0.3, -0.25) is 4.79 Å². The molecule has 5 N–H and O–H groups in total. The Balaban J connectivity index is 1.67. The van der Waals surface area contributed by atoms with Crippen molar-refractivity contribution in [1.29, 1.82) is 0 Å². The quantitative estimate of drug-likeness (QED) is 0.312. The second kappa shape index (κ2) is 8.42. The lowest BCUT2D eigenvalue weighted by Crippen LogP contribution is -2.30. The minimum Gasteiger partial charge on any atom is -0.468 e. The van der Waals surface area contributed by atoms with Crippen molar-refractivity contribution in [2.75, 3.05) is 12.4 Å². The number of methoxy groups -OCH3 is 1. The lowest BCUT2D eigenvalue weighted by molar-refractivity contribution is 0.100. The third-order valence-electron chi connectivity index (χ3n) is 4.67. The second-order valence-electron chi connectivity index (χ2n) is 6.69. The van der Waals surface area contributed by atoms with Crippen molar-refractivity contribution < 1.29 is 19.6 Å². The van der Waals surface area contributed by atoms with Crippen molar-refractivity contribution in [3.63, 3.8) is 0 Å². The summed E-state index contributed by atoms with van der Waals surface area (Å²) in [6.45, 7) is 0.407. The largest absolute Gasteiger partial charge is 0.488 e. The van der Waals surface area contributed by atoms with Gasteiger partial charge < -0.3 is 25.8 Å². The smallest absolute Gasteiger partial charge is 0.468 e. The van der Waals surface area contributed by atoms with E-state index in [4.69, 9.17) is 10.5 Å². The van der Waals surface area contributed by atoms with E-state index in [-0.39, 0.29) is 11.6 Å². The number of carbonyl (C=O) groups is 1. The Hall–Kier alpha value is -3.96. The second-order valence-corrected chi connectivity index (χ2v) is 6.69. The fourth-order valence-corrected chi connectivity index (χ4v) is 3.22. The SMILES string of the molecule is COc1nc2c(C(N)=O)cccc2n1-c1nccc(NCc2cccc(B(O)O)c2)n1. The summed E-state index contributed by atoms with van der Waals surface area (Å²) < 4.78 is 6.97.